The number of rotatable bonds is 3. The first-order valence-corrected chi connectivity index (χ1v) is 6.27. The monoisotopic (exact) mass is 334 g/mol. The van der Waals surface area contributed by atoms with Crippen molar-refractivity contribution in [1.82, 2.24) is 0 Å². The second-order valence-corrected chi connectivity index (χ2v) is 4.99. The first kappa shape index (κ1) is 15.4. The van der Waals surface area contributed by atoms with Gasteiger partial charge < -0.3 is 15.4 Å². The minimum absolute atomic E-state index is 0. The molecule has 0 aliphatic carbocycles. The molecule has 2 N–H and O–H groups in total. The minimum Gasteiger partial charge on any atom is -0.383 e. The number of benzene rings is 1. The van der Waals surface area contributed by atoms with Gasteiger partial charge in [0.15, 0.2) is 0 Å². The number of methoxy groups -OCH3 is 1. The van der Waals surface area contributed by atoms with Crippen molar-refractivity contribution in [3.05, 3.63) is 28.2 Å². The topological polar surface area (TPSA) is 55.6 Å². The quantitative estimate of drug-likeness (QED) is 0.915. The second-order valence-electron chi connectivity index (χ2n) is 4.07. The Morgan fingerprint density at radius 2 is 2.33 bits per heavy atom. The molecule has 1 atom stereocenters. The van der Waals surface area contributed by atoms with Crippen LogP contribution in [0.1, 0.15) is 5.56 Å². The normalized spacial score (nSPS) is 14.9. The third-order valence-electron chi connectivity index (χ3n) is 2.87. The molecule has 0 fully saturated rings. The predicted octanol–water partition coefficient (Wildman–Crippen LogP) is 1.73. The summed E-state index contributed by atoms with van der Waals surface area (Å²) in [5.74, 6) is -0.0799. The molecule has 0 aromatic heterocycles. The average molecular weight is 336 g/mol. The van der Waals surface area contributed by atoms with Gasteiger partial charge >= 0.3 is 0 Å². The number of anilines is 1. The van der Waals surface area contributed by atoms with E-state index in [2.05, 4.69) is 15.9 Å². The number of fused-ring (bicyclic) bond motifs is 1. The number of hydrogen-bond donors (Lipinski definition) is 1. The molecular weight excluding hydrogens is 320 g/mol. The molecule has 0 bridgehead atoms. The van der Waals surface area contributed by atoms with Crippen LogP contribution in [0.2, 0.25) is 0 Å². The molecule has 0 spiro atoms. The molecular formula is C12H16BrClN2O2. The van der Waals surface area contributed by atoms with Gasteiger partial charge in [-0.25, -0.2) is 0 Å². The van der Waals surface area contributed by atoms with E-state index in [9.17, 15) is 4.79 Å². The zero-order valence-electron chi connectivity index (χ0n) is 10.1. The van der Waals surface area contributed by atoms with Gasteiger partial charge in [-0.2, -0.15) is 0 Å². The lowest BCUT2D eigenvalue weighted by atomic mass is 10.2. The zero-order valence-corrected chi connectivity index (χ0v) is 12.5. The van der Waals surface area contributed by atoms with E-state index in [0.29, 0.717) is 6.54 Å². The maximum Gasteiger partial charge on any atom is 0.246 e. The molecule has 0 saturated carbocycles. The van der Waals surface area contributed by atoms with Crippen LogP contribution in [-0.2, 0) is 16.0 Å². The summed E-state index contributed by atoms with van der Waals surface area (Å²) < 4.78 is 5.88. The van der Waals surface area contributed by atoms with Crippen molar-refractivity contribution in [1.29, 1.82) is 0 Å². The molecule has 0 radical (unpaired) electrons. The van der Waals surface area contributed by atoms with Crippen LogP contribution in [0.5, 0.6) is 0 Å². The van der Waals surface area contributed by atoms with Crippen LogP contribution in [0.25, 0.3) is 0 Å². The summed E-state index contributed by atoms with van der Waals surface area (Å²) in [4.78, 5) is 13.9. The highest BCUT2D eigenvalue weighted by Gasteiger charge is 2.28. The van der Waals surface area contributed by atoms with Crippen LogP contribution in [0.15, 0.2) is 22.7 Å². The highest BCUT2D eigenvalue weighted by molar-refractivity contribution is 9.10. The van der Waals surface area contributed by atoms with E-state index < -0.39 is 6.04 Å². The summed E-state index contributed by atoms with van der Waals surface area (Å²) in [5.41, 5.74) is 7.92. The Labute approximate surface area is 121 Å². The number of nitrogens with zero attached hydrogens (tertiary/aromatic N) is 1. The van der Waals surface area contributed by atoms with Crippen molar-refractivity contribution in [3.63, 3.8) is 0 Å². The summed E-state index contributed by atoms with van der Waals surface area (Å²) in [6, 6.07) is 5.39. The van der Waals surface area contributed by atoms with Gasteiger partial charge in [-0.1, -0.05) is 22.0 Å². The average Bonchev–Trinajstić information content (AvgIpc) is 2.71. The van der Waals surface area contributed by atoms with Crippen LogP contribution in [0.4, 0.5) is 5.69 Å². The van der Waals surface area contributed by atoms with Gasteiger partial charge in [0.05, 0.1) is 6.61 Å². The molecule has 1 aliphatic heterocycles. The maximum absolute atomic E-state index is 12.1. The summed E-state index contributed by atoms with van der Waals surface area (Å²) in [6.45, 7) is 0.945. The van der Waals surface area contributed by atoms with E-state index in [-0.39, 0.29) is 24.9 Å². The molecule has 6 heteroatoms. The third-order valence-corrected chi connectivity index (χ3v) is 3.37. The van der Waals surface area contributed by atoms with Crippen molar-refractivity contribution in [3.8, 4) is 0 Å². The molecule has 4 nitrogen and oxygen atoms in total. The summed E-state index contributed by atoms with van der Waals surface area (Å²) in [5, 5.41) is 0. The lowest BCUT2D eigenvalue weighted by molar-refractivity contribution is -0.120. The fraction of sp³-hybridized carbons (Fsp3) is 0.417. The Kier molecular flexibility index (Phi) is 5.59. The van der Waals surface area contributed by atoms with E-state index in [0.717, 1.165) is 16.6 Å². The molecule has 1 amide bonds. The largest absolute Gasteiger partial charge is 0.383 e. The predicted molar refractivity (Wildman–Crippen MR) is 77.3 cm³/mol. The van der Waals surface area contributed by atoms with Gasteiger partial charge in [-0.3, -0.25) is 4.79 Å². The lowest BCUT2D eigenvalue weighted by Gasteiger charge is -2.21. The first-order valence-electron chi connectivity index (χ1n) is 5.48. The fourth-order valence-electron chi connectivity index (χ4n) is 2.03. The molecule has 1 aliphatic rings. The first-order chi connectivity index (χ1) is 8.13. The van der Waals surface area contributed by atoms with Crippen LogP contribution in [0, 0.1) is 0 Å². The van der Waals surface area contributed by atoms with Crippen molar-refractivity contribution in [2.45, 2.75) is 12.5 Å². The zero-order chi connectivity index (χ0) is 12.4. The van der Waals surface area contributed by atoms with Crippen molar-refractivity contribution in [2.75, 3.05) is 25.2 Å². The lowest BCUT2D eigenvalue weighted by Crippen LogP contribution is -2.45. The number of carbonyl (C=O) groups is 1. The molecule has 1 heterocycles. The Hall–Kier alpha value is -0.620. The molecule has 1 unspecified atom stereocenters. The van der Waals surface area contributed by atoms with Crippen LogP contribution in [-0.4, -0.2) is 32.2 Å². The molecule has 18 heavy (non-hydrogen) atoms. The van der Waals surface area contributed by atoms with Crippen LogP contribution in [0.3, 0.4) is 0 Å². The number of nitrogens with two attached hydrogens (primary N) is 1. The highest BCUT2D eigenvalue weighted by atomic mass is 79.9. The molecule has 2 rings (SSSR count). The second kappa shape index (κ2) is 6.52. The van der Waals surface area contributed by atoms with Gasteiger partial charge in [0.25, 0.3) is 0 Å². The Morgan fingerprint density at radius 3 is 3.00 bits per heavy atom. The Bertz CT molecular complexity index is 442. The Morgan fingerprint density at radius 1 is 1.61 bits per heavy atom. The number of carbonyl (C=O) groups excluding carboxylic acids is 1. The third kappa shape index (κ3) is 3.03. The summed E-state index contributed by atoms with van der Waals surface area (Å²) in [7, 11) is 1.54. The summed E-state index contributed by atoms with van der Waals surface area (Å²) in [6.07, 6.45) is 0.883. The fourth-order valence-corrected chi connectivity index (χ4v) is 2.38. The number of hydrogen-bond acceptors (Lipinski definition) is 3. The Balaban J connectivity index is 0.00000162. The SMILES string of the molecule is COCC(N)C(=O)N1CCc2ccc(Br)cc21.Cl. The highest BCUT2D eigenvalue weighted by Crippen LogP contribution is 2.31. The van der Waals surface area contributed by atoms with Crippen LogP contribution < -0.4 is 10.6 Å². The van der Waals surface area contributed by atoms with Gasteiger partial charge in [-0.05, 0) is 24.1 Å². The van der Waals surface area contributed by atoms with Crippen LogP contribution >= 0.6 is 28.3 Å². The molecule has 1 aromatic rings. The van der Waals surface area contributed by atoms with E-state index in [1.165, 1.54) is 5.56 Å². The van der Waals surface area contributed by atoms with E-state index in [1.807, 2.05) is 18.2 Å². The van der Waals surface area contributed by atoms with E-state index in [4.69, 9.17) is 10.5 Å². The number of ether oxygens (including phenoxy) is 1. The molecule has 100 valence electrons. The minimum atomic E-state index is -0.593. The van der Waals surface area contributed by atoms with Gasteiger partial charge in [0.1, 0.15) is 6.04 Å². The van der Waals surface area contributed by atoms with E-state index >= 15 is 0 Å². The van der Waals surface area contributed by atoms with Gasteiger partial charge in [0.2, 0.25) is 5.91 Å². The molecule has 0 saturated heterocycles. The summed E-state index contributed by atoms with van der Waals surface area (Å²) >= 11 is 3.42. The van der Waals surface area contributed by atoms with Crippen molar-refractivity contribution < 1.29 is 9.53 Å². The number of halogens is 2. The standard InChI is InChI=1S/C12H15BrN2O2.ClH/c1-17-7-10(14)12(16)15-5-4-8-2-3-9(13)6-11(8)15;/h2-3,6,10H,4-5,7,14H2,1H3;1H. The smallest absolute Gasteiger partial charge is 0.246 e. The van der Waals surface area contributed by atoms with Crippen molar-refractivity contribution >= 4 is 39.9 Å². The van der Waals surface area contributed by atoms with E-state index in [1.54, 1.807) is 12.0 Å². The molecule has 1 aromatic carbocycles. The van der Waals surface area contributed by atoms with Gasteiger partial charge in [0, 0.05) is 23.8 Å². The van der Waals surface area contributed by atoms with Crippen molar-refractivity contribution in [2.24, 2.45) is 5.73 Å². The maximum atomic E-state index is 12.1. The number of amides is 1. The van der Waals surface area contributed by atoms with Gasteiger partial charge in [-0.15, -0.1) is 12.4 Å².